The minimum absolute atomic E-state index is 0.224. The number of nitrogens with zero attached hydrogens (tertiary/aromatic N) is 5. The van der Waals surface area contributed by atoms with Crippen molar-refractivity contribution in [2.75, 3.05) is 6.61 Å². The second-order valence-electron chi connectivity index (χ2n) is 6.35. The molecular weight excluding hydrogens is 342 g/mol. The lowest BCUT2D eigenvalue weighted by Gasteiger charge is -2.11. The fourth-order valence-electron chi connectivity index (χ4n) is 3.06. The molecule has 3 rings (SSSR count). The number of hydrogen-bond donors (Lipinski definition) is 0. The van der Waals surface area contributed by atoms with Gasteiger partial charge in [0.05, 0.1) is 12.8 Å². The maximum atomic E-state index is 12.0. The van der Waals surface area contributed by atoms with Crippen molar-refractivity contribution in [3.8, 4) is 6.07 Å². The summed E-state index contributed by atoms with van der Waals surface area (Å²) in [4.78, 5) is 20.6. The Labute approximate surface area is 157 Å². The van der Waals surface area contributed by atoms with Crippen LogP contribution in [-0.2, 0) is 22.4 Å². The van der Waals surface area contributed by atoms with E-state index in [1.54, 1.807) is 10.7 Å². The summed E-state index contributed by atoms with van der Waals surface area (Å²) in [6.45, 7) is 4.20. The molecule has 27 heavy (non-hydrogen) atoms. The molecule has 3 aromatic heterocycles. The summed E-state index contributed by atoms with van der Waals surface area (Å²) >= 11 is 0. The quantitative estimate of drug-likeness (QED) is 0.473. The number of fused-ring (bicyclic) bond motifs is 1. The summed E-state index contributed by atoms with van der Waals surface area (Å²) < 4.78 is 6.98. The van der Waals surface area contributed by atoms with E-state index in [1.807, 2.05) is 32.2 Å². The van der Waals surface area contributed by atoms with Crippen LogP contribution in [0.3, 0.4) is 0 Å². The SMILES string of the molecule is Cc1nc2c(C#N)cnn2c(C)c1CCC(=O)OCCCc1cccnc1. The topological polar surface area (TPSA) is 93.2 Å². The monoisotopic (exact) mass is 363 g/mol. The molecule has 0 unspecified atom stereocenters. The molecule has 0 radical (unpaired) electrons. The molecule has 0 aliphatic heterocycles. The summed E-state index contributed by atoms with van der Waals surface area (Å²) in [7, 11) is 0. The van der Waals surface area contributed by atoms with Crippen molar-refractivity contribution in [1.82, 2.24) is 19.6 Å². The van der Waals surface area contributed by atoms with Crippen LogP contribution in [0.25, 0.3) is 5.65 Å². The maximum Gasteiger partial charge on any atom is 0.306 e. The Morgan fingerprint density at radius 1 is 1.30 bits per heavy atom. The molecule has 0 N–H and O–H groups in total. The molecule has 138 valence electrons. The molecular formula is C20H21N5O2. The van der Waals surface area contributed by atoms with E-state index in [4.69, 9.17) is 10.00 Å². The molecule has 0 saturated carbocycles. The fourth-order valence-corrected chi connectivity index (χ4v) is 3.06. The predicted octanol–water partition coefficient (Wildman–Crippen LogP) is 2.72. The molecule has 7 heteroatoms. The minimum Gasteiger partial charge on any atom is -0.466 e. The smallest absolute Gasteiger partial charge is 0.306 e. The highest BCUT2D eigenvalue weighted by atomic mass is 16.5. The van der Waals surface area contributed by atoms with E-state index in [-0.39, 0.29) is 12.4 Å². The van der Waals surface area contributed by atoms with Crippen molar-refractivity contribution in [3.63, 3.8) is 0 Å². The average Bonchev–Trinajstić information content (AvgIpc) is 3.09. The molecule has 3 heterocycles. The van der Waals surface area contributed by atoms with Gasteiger partial charge in [0, 0.05) is 30.2 Å². The van der Waals surface area contributed by atoms with Gasteiger partial charge >= 0.3 is 5.97 Å². The summed E-state index contributed by atoms with van der Waals surface area (Å²) in [6.07, 6.45) is 7.49. The molecule has 0 bridgehead atoms. The van der Waals surface area contributed by atoms with Crippen LogP contribution in [0.1, 0.15) is 40.9 Å². The third-order valence-electron chi connectivity index (χ3n) is 4.50. The summed E-state index contributed by atoms with van der Waals surface area (Å²) in [5.74, 6) is -0.224. The lowest BCUT2D eigenvalue weighted by atomic mass is 10.1. The summed E-state index contributed by atoms with van der Waals surface area (Å²) in [6, 6.07) is 6.00. The van der Waals surface area contributed by atoms with Gasteiger partial charge in [0.2, 0.25) is 0 Å². The third-order valence-corrected chi connectivity index (χ3v) is 4.50. The van der Waals surface area contributed by atoms with Crippen LogP contribution in [-0.4, -0.2) is 32.2 Å². The van der Waals surface area contributed by atoms with Gasteiger partial charge in [-0.1, -0.05) is 6.07 Å². The standard InChI is InChI=1S/C20H21N5O2/c1-14-18(15(2)25-20(24-14)17(11-21)13-23-25)7-8-19(26)27-10-4-6-16-5-3-9-22-12-16/h3,5,9,12-13H,4,6-8,10H2,1-2H3. The van der Waals surface area contributed by atoms with Gasteiger partial charge in [-0.2, -0.15) is 10.4 Å². The van der Waals surface area contributed by atoms with Gasteiger partial charge in [-0.25, -0.2) is 9.50 Å². The van der Waals surface area contributed by atoms with Gasteiger partial charge in [0.25, 0.3) is 0 Å². The molecule has 0 aliphatic carbocycles. The maximum absolute atomic E-state index is 12.0. The lowest BCUT2D eigenvalue weighted by molar-refractivity contribution is -0.143. The van der Waals surface area contributed by atoms with Gasteiger partial charge in [-0.15, -0.1) is 0 Å². The Balaban J connectivity index is 1.53. The first-order valence-electron chi connectivity index (χ1n) is 8.88. The highest BCUT2D eigenvalue weighted by Gasteiger charge is 2.15. The van der Waals surface area contributed by atoms with Crippen molar-refractivity contribution in [3.05, 3.63) is 58.8 Å². The Morgan fingerprint density at radius 3 is 2.89 bits per heavy atom. The van der Waals surface area contributed by atoms with Gasteiger partial charge < -0.3 is 4.74 Å². The molecule has 0 spiro atoms. The molecule has 0 fully saturated rings. The van der Waals surface area contributed by atoms with Gasteiger partial charge in [0.1, 0.15) is 11.6 Å². The highest BCUT2D eigenvalue weighted by Crippen LogP contribution is 2.18. The molecule has 3 aromatic rings. The number of ether oxygens (including phenoxy) is 1. The van der Waals surface area contributed by atoms with Crippen molar-refractivity contribution in [2.45, 2.75) is 39.5 Å². The molecule has 0 amide bonds. The molecule has 7 nitrogen and oxygen atoms in total. The van der Waals surface area contributed by atoms with Crippen molar-refractivity contribution in [1.29, 1.82) is 5.26 Å². The van der Waals surface area contributed by atoms with E-state index in [1.165, 1.54) is 6.20 Å². The van der Waals surface area contributed by atoms with Crippen LogP contribution in [0.5, 0.6) is 0 Å². The second kappa shape index (κ2) is 8.41. The van der Waals surface area contributed by atoms with Gasteiger partial charge in [0.15, 0.2) is 5.65 Å². The van der Waals surface area contributed by atoms with E-state index in [2.05, 4.69) is 21.1 Å². The normalized spacial score (nSPS) is 10.7. The minimum atomic E-state index is -0.224. The molecule has 0 aromatic carbocycles. The van der Waals surface area contributed by atoms with Crippen LogP contribution < -0.4 is 0 Å². The largest absolute Gasteiger partial charge is 0.466 e. The number of aryl methyl sites for hydroxylation is 3. The highest BCUT2D eigenvalue weighted by molar-refractivity contribution is 5.70. The molecule has 0 aliphatic rings. The van der Waals surface area contributed by atoms with E-state index >= 15 is 0 Å². The number of carbonyl (C=O) groups is 1. The van der Waals surface area contributed by atoms with Crippen LogP contribution in [0.15, 0.2) is 30.7 Å². The van der Waals surface area contributed by atoms with Crippen LogP contribution >= 0.6 is 0 Å². The van der Waals surface area contributed by atoms with Crippen LogP contribution in [0, 0.1) is 25.2 Å². The number of hydrogen-bond acceptors (Lipinski definition) is 6. The van der Waals surface area contributed by atoms with Crippen molar-refractivity contribution < 1.29 is 9.53 Å². The summed E-state index contributed by atoms with van der Waals surface area (Å²) in [5, 5.41) is 13.3. The second-order valence-corrected chi connectivity index (χ2v) is 6.35. The number of rotatable bonds is 7. The number of pyridine rings is 1. The first-order chi connectivity index (χ1) is 13.1. The van der Waals surface area contributed by atoms with Crippen LogP contribution in [0.2, 0.25) is 0 Å². The first-order valence-corrected chi connectivity index (χ1v) is 8.88. The zero-order chi connectivity index (χ0) is 19.2. The number of nitriles is 1. The Kier molecular flexibility index (Phi) is 5.77. The Bertz CT molecular complexity index is 989. The van der Waals surface area contributed by atoms with Crippen molar-refractivity contribution >= 4 is 11.6 Å². The van der Waals surface area contributed by atoms with Gasteiger partial charge in [-0.3, -0.25) is 9.78 Å². The van der Waals surface area contributed by atoms with E-state index in [0.717, 1.165) is 35.4 Å². The summed E-state index contributed by atoms with van der Waals surface area (Å²) in [5.41, 5.74) is 4.79. The number of esters is 1. The third kappa shape index (κ3) is 4.29. The van der Waals surface area contributed by atoms with E-state index in [9.17, 15) is 4.79 Å². The number of carbonyl (C=O) groups excluding carboxylic acids is 1. The van der Waals surface area contributed by atoms with Gasteiger partial charge in [-0.05, 0) is 50.3 Å². The fraction of sp³-hybridized carbons (Fsp3) is 0.350. The molecule has 0 atom stereocenters. The average molecular weight is 363 g/mol. The zero-order valence-corrected chi connectivity index (χ0v) is 15.5. The first kappa shape index (κ1) is 18.5. The Hall–Kier alpha value is -3.27. The van der Waals surface area contributed by atoms with Crippen molar-refractivity contribution in [2.24, 2.45) is 0 Å². The predicted molar refractivity (Wildman–Crippen MR) is 99.0 cm³/mol. The lowest BCUT2D eigenvalue weighted by Crippen LogP contribution is -2.11. The number of aromatic nitrogens is 4. The van der Waals surface area contributed by atoms with E-state index < -0.39 is 0 Å². The molecule has 0 saturated heterocycles. The zero-order valence-electron chi connectivity index (χ0n) is 15.5. The van der Waals surface area contributed by atoms with E-state index in [0.29, 0.717) is 24.2 Å². The van der Waals surface area contributed by atoms with Crippen LogP contribution in [0.4, 0.5) is 0 Å². The Morgan fingerprint density at radius 2 is 2.15 bits per heavy atom.